The molecule has 24 heavy (non-hydrogen) atoms. The van der Waals surface area contributed by atoms with Crippen LogP contribution in [-0.2, 0) is 15.6 Å². The first kappa shape index (κ1) is 15.9. The van der Waals surface area contributed by atoms with E-state index in [0.717, 1.165) is 6.07 Å². The number of hydrogen-bond acceptors (Lipinski definition) is 8. The number of nitro groups is 1. The summed E-state index contributed by atoms with van der Waals surface area (Å²) in [4.78, 5) is 9.40. The van der Waals surface area contributed by atoms with E-state index in [4.69, 9.17) is 9.47 Å². The molecule has 1 heterocycles. The Labute approximate surface area is 135 Å². The average Bonchev–Trinajstić information content (AvgIpc) is 2.96. The number of rotatable bonds is 4. The van der Waals surface area contributed by atoms with Gasteiger partial charge in [0.2, 0.25) is 12.5 Å². The van der Waals surface area contributed by atoms with E-state index in [1.807, 2.05) is 0 Å². The Hall–Kier alpha value is -3.01. The zero-order valence-corrected chi connectivity index (χ0v) is 12.8. The first-order chi connectivity index (χ1) is 11.3. The largest absolute Gasteiger partial charge is 0.504 e. The Kier molecular flexibility index (Phi) is 3.68. The van der Waals surface area contributed by atoms with Gasteiger partial charge in [0.25, 0.3) is 0 Å². The molecule has 1 aliphatic heterocycles. The van der Waals surface area contributed by atoms with Crippen LogP contribution >= 0.6 is 0 Å². The summed E-state index contributed by atoms with van der Waals surface area (Å²) in [6, 6.07) is 6.06. The standard InChI is InChI=1S/C14H11NO8S/c16-11-5-9(4-10(14(11)17)15(18)19)24(20,21)6-8-1-2-12-13(3-8)23-7-22-12/h1-5,16-17H,6-7H2. The Morgan fingerprint density at radius 3 is 2.54 bits per heavy atom. The average molecular weight is 353 g/mol. The summed E-state index contributed by atoms with van der Waals surface area (Å²) in [5, 5.41) is 29.8. The maximum absolute atomic E-state index is 12.5. The topological polar surface area (TPSA) is 136 Å². The monoisotopic (exact) mass is 353 g/mol. The summed E-state index contributed by atoms with van der Waals surface area (Å²) in [7, 11) is -4.00. The lowest BCUT2D eigenvalue weighted by molar-refractivity contribution is -0.386. The highest BCUT2D eigenvalue weighted by molar-refractivity contribution is 7.90. The van der Waals surface area contributed by atoms with Gasteiger partial charge in [0, 0.05) is 12.1 Å². The summed E-state index contributed by atoms with van der Waals surface area (Å²) < 4.78 is 35.2. The van der Waals surface area contributed by atoms with Gasteiger partial charge in [-0.15, -0.1) is 0 Å². The van der Waals surface area contributed by atoms with Crippen molar-refractivity contribution in [2.45, 2.75) is 10.6 Å². The summed E-state index contributed by atoms with van der Waals surface area (Å²) in [5.41, 5.74) is -0.506. The highest BCUT2D eigenvalue weighted by atomic mass is 32.2. The van der Waals surface area contributed by atoms with Crippen molar-refractivity contribution < 1.29 is 33.0 Å². The molecule has 0 saturated carbocycles. The van der Waals surface area contributed by atoms with Gasteiger partial charge in [-0.3, -0.25) is 10.1 Å². The second-order valence-electron chi connectivity index (χ2n) is 5.01. The molecule has 0 aromatic heterocycles. The van der Waals surface area contributed by atoms with Gasteiger partial charge in [-0.05, 0) is 17.7 Å². The van der Waals surface area contributed by atoms with Crippen LogP contribution in [0.25, 0.3) is 0 Å². The zero-order valence-electron chi connectivity index (χ0n) is 12.0. The molecule has 2 aromatic carbocycles. The summed E-state index contributed by atoms with van der Waals surface area (Å²) >= 11 is 0. The molecule has 126 valence electrons. The zero-order chi connectivity index (χ0) is 17.5. The Balaban J connectivity index is 1.98. The number of aromatic hydroxyl groups is 2. The third-order valence-corrected chi connectivity index (χ3v) is 5.06. The molecule has 2 aromatic rings. The van der Waals surface area contributed by atoms with Crippen molar-refractivity contribution in [1.29, 1.82) is 0 Å². The van der Waals surface area contributed by atoms with Gasteiger partial charge in [-0.1, -0.05) is 6.07 Å². The van der Waals surface area contributed by atoms with Gasteiger partial charge in [-0.25, -0.2) is 8.42 Å². The molecule has 1 aliphatic rings. The predicted octanol–water partition coefficient (Wildman–Crippen LogP) is 1.71. The number of phenolic OH excluding ortho intramolecular Hbond substituents is 2. The van der Waals surface area contributed by atoms with Crippen LogP contribution in [0, 0.1) is 10.1 Å². The molecular weight excluding hydrogens is 342 g/mol. The molecule has 10 heteroatoms. The fourth-order valence-electron chi connectivity index (χ4n) is 2.23. The van der Waals surface area contributed by atoms with Crippen LogP contribution in [0.4, 0.5) is 5.69 Å². The number of hydrogen-bond donors (Lipinski definition) is 2. The lowest BCUT2D eigenvalue weighted by Crippen LogP contribution is -2.06. The van der Waals surface area contributed by atoms with Gasteiger partial charge in [-0.2, -0.15) is 0 Å². The minimum atomic E-state index is -4.00. The van der Waals surface area contributed by atoms with Crippen LogP contribution in [0.15, 0.2) is 35.2 Å². The van der Waals surface area contributed by atoms with Crippen LogP contribution in [0.2, 0.25) is 0 Å². The predicted molar refractivity (Wildman–Crippen MR) is 79.9 cm³/mol. The molecule has 0 saturated heterocycles. The van der Waals surface area contributed by atoms with E-state index < -0.39 is 42.6 Å². The highest BCUT2D eigenvalue weighted by Gasteiger charge is 2.26. The van der Waals surface area contributed by atoms with Crippen molar-refractivity contribution in [3.63, 3.8) is 0 Å². The quantitative estimate of drug-likeness (QED) is 0.481. The van der Waals surface area contributed by atoms with Crippen molar-refractivity contribution in [3.05, 3.63) is 46.0 Å². The van der Waals surface area contributed by atoms with Crippen LogP contribution in [0.1, 0.15) is 5.56 Å². The lowest BCUT2D eigenvalue weighted by atomic mass is 10.2. The molecule has 0 unspecified atom stereocenters. The van der Waals surface area contributed by atoms with Crippen molar-refractivity contribution in [2.24, 2.45) is 0 Å². The molecule has 0 radical (unpaired) electrons. The number of ether oxygens (including phenoxy) is 2. The lowest BCUT2D eigenvalue weighted by Gasteiger charge is -2.07. The summed E-state index contributed by atoms with van der Waals surface area (Å²) in [5.74, 6) is -1.43. The molecule has 0 bridgehead atoms. The molecule has 9 nitrogen and oxygen atoms in total. The fraction of sp³-hybridized carbons (Fsp3) is 0.143. The first-order valence-corrected chi connectivity index (χ1v) is 8.25. The van der Waals surface area contributed by atoms with E-state index in [1.54, 1.807) is 6.07 Å². The van der Waals surface area contributed by atoms with Gasteiger partial charge in [0.05, 0.1) is 15.6 Å². The first-order valence-electron chi connectivity index (χ1n) is 6.59. The molecule has 0 aliphatic carbocycles. The highest BCUT2D eigenvalue weighted by Crippen LogP contribution is 2.38. The van der Waals surface area contributed by atoms with Gasteiger partial charge in [0.15, 0.2) is 27.1 Å². The minimum Gasteiger partial charge on any atom is -0.504 e. The molecule has 0 fully saturated rings. The molecule has 3 rings (SSSR count). The van der Waals surface area contributed by atoms with Gasteiger partial charge in [0.1, 0.15) is 0 Å². The molecule has 2 N–H and O–H groups in total. The summed E-state index contributed by atoms with van der Waals surface area (Å²) in [6.45, 7) is 0.0452. The van der Waals surface area contributed by atoms with Gasteiger partial charge < -0.3 is 19.7 Å². The van der Waals surface area contributed by atoms with E-state index in [1.165, 1.54) is 12.1 Å². The minimum absolute atomic E-state index is 0.0452. The second-order valence-corrected chi connectivity index (χ2v) is 7.00. The number of nitro benzene ring substituents is 1. The number of nitrogens with zero attached hydrogens (tertiary/aromatic N) is 1. The van der Waals surface area contributed by atoms with Crippen molar-refractivity contribution in [3.8, 4) is 23.0 Å². The van der Waals surface area contributed by atoms with Crippen molar-refractivity contribution in [1.82, 2.24) is 0 Å². The normalized spacial score (nSPS) is 13.0. The molecule has 0 amide bonds. The van der Waals surface area contributed by atoms with Crippen LogP contribution in [-0.4, -0.2) is 30.3 Å². The number of fused-ring (bicyclic) bond motifs is 1. The Morgan fingerprint density at radius 2 is 1.83 bits per heavy atom. The smallest absolute Gasteiger partial charge is 0.315 e. The van der Waals surface area contributed by atoms with E-state index in [-0.39, 0.29) is 6.79 Å². The van der Waals surface area contributed by atoms with E-state index in [9.17, 15) is 28.7 Å². The van der Waals surface area contributed by atoms with E-state index in [0.29, 0.717) is 23.1 Å². The molecular formula is C14H11NO8S. The fourth-order valence-corrected chi connectivity index (χ4v) is 3.60. The van der Waals surface area contributed by atoms with E-state index >= 15 is 0 Å². The van der Waals surface area contributed by atoms with E-state index in [2.05, 4.69) is 0 Å². The third-order valence-electron chi connectivity index (χ3n) is 3.39. The third kappa shape index (κ3) is 2.78. The van der Waals surface area contributed by atoms with Crippen LogP contribution in [0.3, 0.4) is 0 Å². The summed E-state index contributed by atoms with van der Waals surface area (Å²) in [6.07, 6.45) is 0. The Morgan fingerprint density at radius 1 is 1.12 bits per heavy atom. The van der Waals surface area contributed by atoms with Crippen LogP contribution < -0.4 is 9.47 Å². The SMILES string of the molecule is O=[N+]([O-])c1cc(S(=O)(=O)Cc2ccc3c(c2)OCO3)cc(O)c1O. The maximum Gasteiger partial charge on any atom is 0.315 e. The number of phenols is 2. The maximum atomic E-state index is 12.5. The van der Waals surface area contributed by atoms with Crippen LogP contribution in [0.5, 0.6) is 23.0 Å². The number of benzene rings is 2. The van der Waals surface area contributed by atoms with Gasteiger partial charge >= 0.3 is 5.69 Å². The van der Waals surface area contributed by atoms with Crippen molar-refractivity contribution in [2.75, 3.05) is 6.79 Å². The number of sulfone groups is 1. The molecule has 0 atom stereocenters. The Bertz CT molecular complexity index is 938. The van der Waals surface area contributed by atoms with Crippen molar-refractivity contribution >= 4 is 15.5 Å². The second kappa shape index (κ2) is 5.57. The molecule has 0 spiro atoms.